The molecule has 1 aromatic heterocycles. The summed E-state index contributed by atoms with van der Waals surface area (Å²) in [6, 6.07) is 7.25. The molecule has 2 aromatic rings. The van der Waals surface area contributed by atoms with E-state index in [-0.39, 0.29) is 6.61 Å². The van der Waals surface area contributed by atoms with E-state index in [1.807, 2.05) is 19.1 Å². The third-order valence-corrected chi connectivity index (χ3v) is 4.05. The number of rotatable bonds is 4. The van der Waals surface area contributed by atoms with Gasteiger partial charge in [-0.25, -0.2) is 4.98 Å². The van der Waals surface area contributed by atoms with E-state index in [2.05, 4.69) is 18.8 Å². The molecule has 2 nitrogen and oxygen atoms in total. The minimum atomic E-state index is 0.263. The monoisotopic (exact) mass is 343 g/mol. The van der Waals surface area contributed by atoms with Gasteiger partial charge in [-0.15, -0.1) is 0 Å². The minimum Gasteiger partial charge on any atom is -0.487 e. The lowest BCUT2D eigenvalue weighted by atomic mass is 10.0. The van der Waals surface area contributed by atoms with Gasteiger partial charge in [-0.1, -0.05) is 48.7 Å². The van der Waals surface area contributed by atoms with Crippen LogP contribution in [-0.4, -0.2) is 4.98 Å². The van der Waals surface area contributed by atoms with Crippen LogP contribution in [0.25, 0.3) is 0 Å². The predicted octanol–water partition coefficient (Wildman–Crippen LogP) is 6.05. The maximum Gasteiger partial charge on any atom is 0.132 e. The summed E-state index contributed by atoms with van der Waals surface area (Å²) in [4.78, 5) is 4.17. The van der Waals surface area contributed by atoms with Crippen LogP contribution in [0, 0.1) is 6.92 Å². The van der Waals surface area contributed by atoms with E-state index in [9.17, 15) is 0 Å². The van der Waals surface area contributed by atoms with E-state index in [1.165, 1.54) is 0 Å². The van der Waals surface area contributed by atoms with Gasteiger partial charge in [0.05, 0.1) is 10.7 Å². The molecule has 2 rings (SSSR count). The fourth-order valence-electron chi connectivity index (χ4n) is 1.97. The summed E-state index contributed by atoms with van der Waals surface area (Å²) >= 11 is 18.2. The first-order valence-electron chi connectivity index (χ1n) is 6.62. The second-order valence-corrected chi connectivity index (χ2v) is 6.35. The van der Waals surface area contributed by atoms with Crippen LogP contribution >= 0.6 is 34.8 Å². The Hall–Kier alpha value is -0.960. The summed E-state index contributed by atoms with van der Waals surface area (Å²) in [7, 11) is 0. The topological polar surface area (TPSA) is 22.1 Å². The van der Waals surface area contributed by atoms with Crippen LogP contribution in [0.2, 0.25) is 15.2 Å². The molecule has 0 aliphatic carbocycles. The maximum absolute atomic E-state index is 6.25. The van der Waals surface area contributed by atoms with Crippen molar-refractivity contribution in [2.24, 2.45) is 0 Å². The van der Waals surface area contributed by atoms with Gasteiger partial charge in [0.15, 0.2) is 0 Å². The molecule has 1 aromatic carbocycles. The maximum atomic E-state index is 6.25. The molecule has 0 bridgehead atoms. The zero-order valence-electron chi connectivity index (χ0n) is 12.1. The molecule has 0 fully saturated rings. The summed E-state index contributed by atoms with van der Waals surface area (Å²) in [5.41, 5.74) is 2.65. The number of aromatic nitrogens is 1. The number of aryl methyl sites for hydroxylation is 1. The average molecular weight is 345 g/mol. The minimum absolute atomic E-state index is 0.263. The molecule has 0 unspecified atom stereocenters. The van der Waals surface area contributed by atoms with E-state index >= 15 is 0 Å². The van der Waals surface area contributed by atoms with E-state index in [4.69, 9.17) is 39.5 Å². The molecule has 1 heterocycles. The smallest absolute Gasteiger partial charge is 0.132 e. The first-order valence-corrected chi connectivity index (χ1v) is 7.75. The molecule has 0 amide bonds. The van der Waals surface area contributed by atoms with Gasteiger partial charge in [0.1, 0.15) is 17.5 Å². The van der Waals surface area contributed by atoms with Crippen molar-refractivity contribution >= 4 is 34.8 Å². The van der Waals surface area contributed by atoms with Crippen molar-refractivity contribution in [3.05, 3.63) is 56.3 Å². The normalized spacial score (nSPS) is 11.0. The summed E-state index contributed by atoms with van der Waals surface area (Å²) in [6.45, 7) is 6.41. The van der Waals surface area contributed by atoms with Crippen molar-refractivity contribution in [1.82, 2.24) is 4.98 Å². The van der Waals surface area contributed by atoms with Crippen molar-refractivity contribution in [1.29, 1.82) is 0 Å². The van der Waals surface area contributed by atoms with Gasteiger partial charge >= 0.3 is 0 Å². The first-order chi connectivity index (χ1) is 9.88. The molecule has 0 saturated heterocycles. The van der Waals surface area contributed by atoms with Crippen molar-refractivity contribution < 1.29 is 4.74 Å². The zero-order chi connectivity index (χ0) is 15.6. The third kappa shape index (κ3) is 4.03. The van der Waals surface area contributed by atoms with Crippen LogP contribution in [0.5, 0.6) is 5.75 Å². The van der Waals surface area contributed by atoms with Crippen LogP contribution in [0.3, 0.4) is 0 Å². The first kappa shape index (κ1) is 16.4. The van der Waals surface area contributed by atoms with Crippen LogP contribution in [0.1, 0.15) is 36.6 Å². The van der Waals surface area contributed by atoms with Crippen LogP contribution in [-0.2, 0) is 6.61 Å². The molecular weight excluding hydrogens is 329 g/mol. The summed E-state index contributed by atoms with van der Waals surface area (Å²) in [6.07, 6.45) is 0. The molecule has 0 saturated carbocycles. The molecule has 5 heteroatoms. The lowest BCUT2D eigenvalue weighted by Gasteiger charge is -2.15. The summed E-state index contributed by atoms with van der Waals surface area (Å²) in [5, 5.41) is 1.69. The molecule has 0 spiro atoms. The number of hydrogen-bond acceptors (Lipinski definition) is 2. The fourth-order valence-corrected chi connectivity index (χ4v) is 2.73. The Bertz CT molecular complexity index is 656. The van der Waals surface area contributed by atoms with Crippen molar-refractivity contribution in [3.8, 4) is 5.75 Å². The van der Waals surface area contributed by atoms with E-state index in [0.29, 0.717) is 21.8 Å². The standard InChI is InChI=1S/C16H16Cl3NO/c1-9(2)11-7-15(10(3)6-13(11)18)21-8-14-12(17)4-5-16(19)20-14/h4-7,9H,8H2,1-3H3. The third-order valence-electron chi connectivity index (χ3n) is 3.17. The van der Waals surface area contributed by atoms with Crippen molar-refractivity contribution in [2.75, 3.05) is 0 Å². The quantitative estimate of drug-likeness (QED) is 0.630. The molecule has 0 radical (unpaired) electrons. The number of nitrogens with zero attached hydrogens (tertiary/aromatic N) is 1. The number of hydrogen-bond donors (Lipinski definition) is 0. The predicted molar refractivity (Wildman–Crippen MR) is 88.9 cm³/mol. The van der Waals surface area contributed by atoms with Crippen LogP contribution in [0.4, 0.5) is 0 Å². The Morgan fingerprint density at radius 3 is 2.48 bits per heavy atom. The molecule has 0 aliphatic heterocycles. The zero-order valence-corrected chi connectivity index (χ0v) is 14.4. The Morgan fingerprint density at radius 1 is 1.10 bits per heavy atom. The van der Waals surface area contributed by atoms with Gasteiger partial charge in [0.25, 0.3) is 0 Å². The molecule has 0 N–H and O–H groups in total. The van der Waals surface area contributed by atoms with E-state index in [0.717, 1.165) is 21.9 Å². The lowest BCUT2D eigenvalue weighted by Crippen LogP contribution is -2.02. The number of ether oxygens (including phenoxy) is 1. The Balaban J connectivity index is 2.23. The summed E-state index contributed by atoms with van der Waals surface area (Å²) in [5.74, 6) is 1.11. The highest BCUT2D eigenvalue weighted by Gasteiger charge is 2.11. The van der Waals surface area contributed by atoms with E-state index < -0.39 is 0 Å². The number of pyridine rings is 1. The second kappa shape index (κ2) is 6.87. The molecule has 21 heavy (non-hydrogen) atoms. The Labute approximate surface area is 140 Å². The molecular formula is C16H16Cl3NO. The largest absolute Gasteiger partial charge is 0.487 e. The second-order valence-electron chi connectivity index (χ2n) is 5.15. The van der Waals surface area contributed by atoms with Gasteiger partial charge in [0.2, 0.25) is 0 Å². The highest BCUT2D eigenvalue weighted by Crippen LogP contribution is 2.32. The van der Waals surface area contributed by atoms with Gasteiger partial charge in [0, 0.05) is 5.02 Å². The van der Waals surface area contributed by atoms with Gasteiger partial charge in [-0.05, 0) is 48.2 Å². The highest BCUT2D eigenvalue weighted by molar-refractivity contribution is 6.32. The molecule has 0 atom stereocenters. The van der Waals surface area contributed by atoms with Gasteiger partial charge in [-0.3, -0.25) is 0 Å². The van der Waals surface area contributed by atoms with Crippen LogP contribution in [0.15, 0.2) is 24.3 Å². The Kier molecular flexibility index (Phi) is 5.37. The highest BCUT2D eigenvalue weighted by atomic mass is 35.5. The van der Waals surface area contributed by atoms with Gasteiger partial charge < -0.3 is 4.74 Å². The fraction of sp³-hybridized carbons (Fsp3) is 0.312. The molecule has 0 aliphatic rings. The summed E-state index contributed by atoms with van der Waals surface area (Å²) < 4.78 is 5.84. The van der Waals surface area contributed by atoms with Gasteiger partial charge in [-0.2, -0.15) is 0 Å². The Morgan fingerprint density at radius 2 is 1.81 bits per heavy atom. The van der Waals surface area contributed by atoms with Crippen molar-refractivity contribution in [2.45, 2.75) is 33.3 Å². The molecule has 112 valence electrons. The van der Waals surface area contributed by atoms with E-state index in [1.54, 1.807) is 12.1 Å². The number of benzene rings is 1. The number of halogens is 3. The SMILES string of the molecule is Cc1cc(Cl)c(C(C)C)cc1OCc1nc(Cl)ccc1Cl. The van der Waals surface area contributed by atoms with Crippen LogP contribution < -0.4 is 4.74 Å². The van der Waals surface area contributed by atoms with Crippen molar-refractivity contribution in [3.63, 3.8) is 0 Å². The average Bonchev–Trinajstić information content (AvgIpc) is 2.41. The lowest BCUT2D eigenvalue weighted by molar-refractivity contribution is 0.299.